The summed E-state index contributed by atoms with van der Waals surface area (Å²) in [6, 6.07) is 14.3. The van der Waals surface area contributed by atoms with Gasteiger partial charge in [-0.25, -0.2) is 9.29 Å². The monoisotopic (exact) mass is 658 g/mol. The molecule has 10 nitrogen and oxygen atoms in total. The van der Waals surface area contributed by atoms with Gasteiger partial charge in [0.1, 0.15) is 5.82 Å². The fourth-order valence-corrected chi connectivity index (χ4v) is 8.42. The van der Waals surface area contributed by atoms with Crippen LogP contribution >= 0.6 is 11.6 Å². The van der Waals surface area contributed by atoms with Gasteiger partial charge in [-0.2, -0.15) is 0 Å². The van der Waals surface area contributed by atoms with Crippen LogP contribution < -0.4 is 20.0 Å². The van der Waals surface area contributed by atoms with Gasteiger partial charge in [0.15, 0.2) is 11.5 Å². The first-order valence-electron chi connectivity index (χ1n) is 15.1. The molecule has 7 rings (SSSR count). The summed E-state index contributed by atoms with van der Waals surface area (Å²) in [7, 11) is -0.417. The van der Waals surface area contributed by atoms with Crippen LogP contribution in [0.5, 0.6) is 11.5 Å². The van der Waals surface area contributed by atoms with Crippen LogP contribution in [0.4, 0.5) is 15.8 Å². The van der Waals surface area contributed by atoms with Crippen molar-refractivity contribution in [2.75, 3.05) is 16.9 Å². The number of phenolic OH excluding ortho intramolecular Hbond substituents is 1. The molecule has 6 atom stereocenters. The van der Waals surface area contributed by atoms with Crippen LogP contribution in [0, 0.1) is 34.9 Å². The summed E-state index contributed by atoms with van der Waals surface area (Å²) in [5.41, 5.74) is -0.0884. The predicted octanol–water partition coefficient (Wildman–Crippen LogP) is 3.31. The molecule has 4 amide bonds. The smallest absolute Gasteiger partial charge is 0.488 e. The summed E-state index contributed by atoms with van der Waals surface area (Å²) in [4.78, 5) is 58.9. The Labute approximate surface area is 274 Å². The normalized spacial score (nSPS) is 28.2. The first kappa shape index (κ1) is 31.1. The summed E-state index contributed by atoms with van der Waals surface area (Å²) >= 11 is 6.05. The van der Waals surface area contributed by atoms with Crippen molar-refractivity contribution < 1.29 is 43.5 Å². The van der Waals surface area contributed by atoms with Gasteiger partial charge in [-0.1, -0.05) is 47.5 Å². The first-order chi connectivity index (χ1) is 22.4. The number of anilines is 2. The number of methoxy groups -OCH3 is 1. The Balaban J connectivity index is 1.37. The topological polar surface area (TPSA) is 145 Å². The van der Waals surface area contributed by atoms with Gasteiger partial charge in [0.05, 0.1) is 46.7 Å². The van der Waals surface area contributed by atoms with Crippen molar-refractivity contribution in [3.63, 3.8) is 0 Å². The molecule has 3 aromatic rings. The minimum atomic E-state index is -1.81. The Bertz CT molecular complexity index is 1920. The average molecular weight is 659 g/mol. The van der Waals surface area contributed by atoms with Crippen molar-refractivity contribution in [2.24, 2.45) is 29.1 Å². The molecule has 240 valence electrons. The second-order valence-electron chi connectivity index (χ2n) is 12.6. The third-order valence-corrected chi connectivity index (χ3v) is 10.7. The second-order valence-corrected chi connectivity index (χ2v) is 13.0. The van der Waals surface area contributed by atoms with E-state index in [4.69, 9.17) is 16.3 Å². The third kappa shape index (κ3) is 4.38. The number of rotatable bonds is 5. The van der Waals surface area contributed by atoms with E-state index in [1.165, 1.54) is 43.5 Å². The number of halogens is 2. The highest BCUT2D eigenvalue weighted by Crippen LogP contribution is 2.65. The molecule has 13 heteroatoms. The van der Waals surface area contributed by atoms with E-state index in [-0.39, 0.29) is 46.2 Å². The number of hydrogen-bond donors (Lipinski definition) is 3. The number of hydrogen-bond acceptors (Lipinski definition) is 8. The van der Waals surface area contributed by atoms with Crippen molar-refractivity contribution in [1.82, 2.24) is 0 Å². The van der Waals surface area contributed by atoms with E-state index in [0.717, 1.165) is 15.9 Å². The molecule has 3 N–H and O–H groups in total. The highest BCUT2D eigenvalue weighted by molar-refractivity contribution is 6.58. The fourth-order valence-electron chi connectivity index (χ4n) is 8.25. The Hall–Kier alpha value is -4.52. The van der Waals surface area contributed by atoms with E-state index in [2.05, 4.69) is 0 Å². The van der Waals surface area contributed by atoms with Crippen LogP contribution in [0.2, 0.25) is 5.02 Å². The van der Waals surface area contributed by atoms with Gasteiger partial charge in [0, 0.05) is 11.5 Å². The van der Waals surface area contributed by atoms with Crippen LogP contribution in [0.3, 0.4) is 0 Å². The van der Waals surface area contributed by atoms with Gasteiger partial charge in [0.25, 0.3) is 0 Å². The number of carbonyl (C=O) groups excluding carboxylic acids is 4. The minimum absolute atomic E-state index is 0.0585. The average Bonchev–Trinajstić information content (AvgIpc) is 3.42. The number of allylic oxidation sites excluding steroid dienone is 2. The van der Waals surface area contributed by atoms with Gasteiger partial charge in [0.2, 0.25) is 23.6 Å². The molecule has 2 aliphatic heterocycles. The van der Waals surface area contributed by atoms with Crippen molar-refractivity contribution in [2.45, 2.75) is 25.7 Å². The number of amides is 4. The summed E-state index contributed by atoms with van der Waals surface area (Å²) < 4.78 is 19.5. The molecule has 47 heavy (non-hydrogen) atoms. The van der Waals surface area contributed by atoms with Gasteiger partial charge in [-0.3, -0.25) is 24.1 Å². The lowest BCUT2D eigenvalue weighted by Gasteiger charge is -2.49. The summed E-state index contributed by atoms with van der Waals surface area (Å²) in [5, 5.41) is 30.6. The van der Waals surface area contributed by atoms with E-state index in [1.807, 2.05) is 6.08 Å². The highest BCUT2D eigenvalue weighted by Gasteiger charge is 2.68. The Morgan fingerprint density at radius 1 is 0.936 bits per heavy atom. The number of nitrogens with zero attached hydrogens (tertiary/aromatic N) is 2. The molecule has 2 heterocycles. The lowest BCUT2D eigenvalue weighted by atomic mass is 9.51. The van der Waals surface area contributed by atoms with E-state index >= 15 is 0 Å². The SMILES string of the molecule is COc1cccc([C@H]2C3=CC[C@@H]4C(=O)N(c5cccc(B(O)O)c5)C(=O)[C@@H]4[C@@H]3C[C@H]3C(=O)N(c4ccc(F)c(Cl)c4)C(=O)[C@@]23C)c1O. The number of phenols is 1. The first-order valence-corrected chi connectivity index (χ1v) is 15.5. The molecule has 3 aromatic carbocycles. The maximum Gasteiger partial charge on any atom is 0.488 e. The number of fused-ring (bicyclic) bond motifs is 4. The van der Waals surface area contributed by atoms with Crippen molar-refractivity contribution in [1.29, 1.82) is 0 Å². The van der Waals surface area contributed by atoms with E-state index in [0.29, 0.717) is 11.1 Å². The summed E-state index contributed by atoms with van der Waals surface area (Å²) in [6.07, 6.45) is 2.07. The van der Waals surface area contributed by atoms with E-state index < -0.39 is 71.6 Å². The number of benzene rings is 3. The molecule has 0 unspecified atom stereocenters. The lowest BCUT2D eigenvalue weighted by molar-refractivity contribution is -0.131. The Morgan fingerprint density at radius 3 is 2.36 bits per heavy atom. The molecule has 2 aliphatic carbocycles. The number of ether oxygens (including phenoxy) is 1. The minimum Gasteiger partial charge on any atom is -0.504 e. The van der Waals surface area contributed by atoms with Gasteiger partial charge >= 0.3 is 7.12 Å². The van der Waals surface area contributed by atoms with Crippen LogP contribution in [0.15, 0.2) is 72.3 Å². The molecule has 4 aliphatic rings. The predicted molar refractivity (Wildman–Crippen MR) is 169 cm³/mol. The van der Waals surface area contributed by atoms with Gasteiger partial charge in [-0.15, -0.1) is 0 Å². The zero-order valence-electron chi connectivity index (χ0n) is 25.3. The maximum absolute atomic E-state index is 14.5. The maximum atomic E-state index is 14.5. The summed E-state index contributed by atoms with van der Waals surface area (Å²) in [5.74, 6) is -7.07. The zero-order valence-corrected chi connectivity index (χ0v) is 26.0. The van der Waals surface area contributed by atoms with Gasteiger partial charge in [-0.05, 0) is 67.5 Å². The molecule has 1 saturated carbocycles. The van der Waals surface area contributed by atoms with E-state index in [9.17, 15) is 38.7 Å². The number of aromatic hydroxyl groups is 1. The Morgan fingerprint density at radius 2 is 1.66 bits per heavy atom. The molecule has 0 spiro atoms. The number of para-hydroxylation sites is 1. The molecular formula is C34H29BClFN2O8. The zero-order chi connectivity index (χ0) is 33.5. The molecule has 0 bridgehead atoms. The molecule has 0 radical (unpaired) electrons. The Kier molecular flexibility index (Phi) is 7.30. The standard InChI is InChI=1S/C34H29BClFN2O8/c1-34-23(31(42)39(33(34)44)18-9-12-25(37)24(36)14-18)15-22-19(28(34)21-7-4-8-26(47-2)29(21)40)10-11-20-27(22)32(43)38(30(20)41)17-6-3-5-16(13-17)35(45)46/h3-10,12-14,20,22-23,27-28,40,45-46H,11,15H2,1-2H3/t20-,22+,23-,27-,28+,34+/m0/s1. The van der Waals surface area contributed by atoms with Crippen molar-refractivity contribution >= 4 is 59.2 Å². The molecule has 2 saturated heterocycles. The molecule has 0 aromatic heterocycles. The van der Waals surface area contributed by atoms with Crippen molar-refractivity contribution in [3.05, 3.63) is 88.7 Å². The number of imide groups is 2. The van der Waals surface area contributed by atoms with Crippen LogP contribution in [-0.4, -0.2) is 53.0 Å². The van der Waals surface area contributed by atoms with Gasteiger partial charge < -0.3 is 19.9 Å². The van der Waals surface area contributed by atoms with E-state index in [1.54, 1.807) is 25.1 Å². The van der Waals surface area contributed by atoms with Crippen LogP contribution in [0.1, 0.15) is 31.2 Å². The largest absolute Gasteiger partial charge is 0.504 e. The number of carbonyl (C=O) groups is 4. The summed E-state index contributed by atoms with van der Waals surface area (Å²) in [6.45, 7) is 1.66. The molecule has 3 fully saturated rings. The third-order valence-electron chi connectivity index (χ3n) is 10.4. The van der Waals surface area contributed by atoms with Crippen LogP contribution in [0.25, 0.3) is 0 Å². The second kappa shape index (κ2) is 11.0. The quantitative estimate of drug-likeness (QED) is 0.215. The molecular weight excluding hydrogens is 630 g/mol. The van der Waals surface area contributed by atoms with Crippen LogP contribution in [-0.2, 0) is 19.2 Å². The highest BCUT2D eigenvalue weighted by atomic mass is 35.5. The fraction of sp³-hybridized carbons (Fsp3) is 0.294. The van der Waals surface area contributed by atoms with Crippen molar-refractivity contribution in [3.8, 4) is 11.5 Å². The lowest BCUT2D eigenvalue weighted by Crippen LogP contribution is -2.49.